The summed E-state index contributed by atoms with van der Waals surface area (Å²) in [4.78, 5) is 66.4. The van der Waals surface area contributed by atoms with Crippen LogP contribution in [0.3, 0.4) is 0 Å². The zero-order valence-corrected chi connectivity index (χ0v) is 23.9. The molecule has 0 bridgehead atoms. The van der Waals surface area contributed by atoms with Crippen LogP contribution in [0.2, 0.25) is 0 Å². The van der Waals surface area contributed by atoms with Crippen molar-refractivity contribution in [2.45, 2.75) is 70.2 Å². The van der Waals surface area contributed by atoms with Gasteiger partial charge in [0.05, 0.1) is 0 Å². The van der Waals surface area contributed by atoms with E-state index in [-0.39, 0.29) is 25.7 Å². The van der Waals surface area contributed by atoms with Crippen molar-refractivity contribution < 1.29 is 28.7 Å². The number of hydrogen-bond acceptors (Lipinski definition) is 6. The Hall–Kier alpha value is -4.87. The molecule has 0 radical (unpaired) electrons. The molecule has 12 nitrogen and oxygen atoms in total. The van der Waals surface area contributed by atoms with Crippen LogP contribution in [0.15, 0.2) is 60.8 Å². The second-order valence-electron chi connectivity index (χ2n) is 11.0. The van der Waals surface area contributed by atoms with E-state index in [0.29, 0.717) is 0 Å². The van der Waals surface area contributed by atoms with Crippen LogP contribution in [0.25, 0.3) is 10.9 Å². The first-order valence-electron chi connectivity index (χ1n) is 13.6. The van der Waals surface area contributed by atoms with Crippen molar-refractivity contribution in [3.8, 4) is 0 Å². The van der Waals surface area contributed by atoms with E-state index in [1.165, 1.54) is 0 Å². The van der Waals surface area contributed by atoms with Crippen molar-refractivity contribution >= 4 is 40.6 Å². The molecule has 3 aromatic rings. The highest BCUT2D eigenvalue weighted by Crippen LogP contribution is 2.19. The molecule has 42 heavy (non-hydrogen) atoms. The number of nitrogens with two attached hydrogens (primary N) is 2. The molecule has 0 aliphatic rings. The minimum absolute atomic E-state index is 0.0490. The van der Waals surface area contributed by atoms with Gasteiger partial charge in [-0.2, -0.15) is 0 Å². The highest BCUT2D eigenvalue weighted by atomic mass is 16.6. The number of carbonyl (C=O) groups excluding carboxylic acids is 5. The van der Waals surface area contributed by atoms with Crippen molar-refractivity contribution in [1.82, 2.24) is 20.9 Å². The first-order chi connectivity index (χ1) is 19.8. The highest BCUT2D eigenvalue weighted by Gasteiger charge is 2.31. The summed E-state index contributed by atoms with van der Waals surface area (Å²) >= 11 is 0. The summed E-state index contributed by atoms with van der Waals surface area (Å²) in [6, 6.07) is 13.0. The fourth-order valence-electron chi connectivity index (χ4n) is 4.35. The number of primary amides is 2. The zero-order chi connectivity index (χ0) is 30.9. The molecule has 3 atom stereocenters. The van der Waals surface area contributed by atoms with E-state index in [4.69, 9.17) is 16.2 Å². The molecule has 1 heterocycles. The summed E-state index contributed by atoms with van der Waals surface area (Å²) in [6.07, 6.45) is 0.732. The Morgan fingerprint density at radius 1 is 0.810 bits per heavy atom. The molecule has 0 fully saturated rings. The Labute approximate surface area is 243 Å². The lowest BCUT2D eigenvalue weighted by Crippen LogP contribution is -2.57. The summed E-state index contributed by atoms with van der Waals surface area (Å²) in [7, 11) is 0. The lowest BCUT2D eigenvalue weighted by molar-refractivity contribution is -0.132. The lowest BCUT2D eigenvalue weighted by Gasteiger charge is -2.26. The van der Waals surface area contributed by atoms with Gasteiger partial charge in [-0.25, -0.2) is 4.79 Å². The lowest BCUT2D eigenvalue weighted by atomic mass is 10.0. The minimum Gasteiger partial charge on any atom is -0.444 e. The Balaban J connectivity index is 1.86. The molecule has 8 N–H and O–H groups in total. The predicted octanol–water partition coefficient (Wildman–Crippen LogP) is 1.57. The van der Waals surface area contributed by atoms with Gasteiger partial charge in [0.15, 0.2) is 0 Å². The Bertz CT molecular complexity index is 1410. The third kappa shape index (κ3) is 9.65. The van der Waals surface area contributed by atoms with Gasteiger partial charge in [-0.1, -0.05) is 48.5 Å². The van der Waals surface area contributed by atoms with Crippen molar-refractivity contribution in [3.63, 3.8) is 0 Å². The van der Waals surface area contributed by atoms with Crippen molar-refractivity contribution in [1.29, 1.82) is 0 Å². The number of fused-ring (bicyclic) bond motifs is 1. The van der Waals surface area contributed by atoms with Gasteiger partial charge in [-0.15, -0.1) is 0 Å². The maximum atomic E-state index is 13.6. The Morgan fingerprint density at radius 2 is 1.43 bits per heavy atom. The molecule has 1 aromatic heterocycles. The van der Waals surface area contributed by atoms with Gasteiger partial charge in [0.25, 0.3) is 0 Å². The number of amides is 5. The van der Waals surface area contributed by atoms with Gasteiger partial charge in [0.2, 0.25) is 23.6 Å². The average molecular weight is 579 g/mol. The molecule has 0 saturated heterocycles. The van der Waals surface area contributed by atoms with Crippen LogP contribution < -0.4 is 27.4 Å². The minimum atomic E-state index is -1.23. The highest BCUT2D eigenvalue weighted by molar-refractivity contribution is 5.94. The number of aromatic nitrogens is 1. The van der Waals surface area contributed by atoms with Crippen molar-refractivity contribution in [2.75, 3.05) is 0 Å². The number of nitrogens with one attached hydrogen (secondary N) is 4. The van der Waals surface area contributed by atoms with Crippen LogP contribution in [-0.2, 0) is 36.8 Å². The topological polar surface area (TPSA) is 198 Å². The SMILES string of the molecule is CC(C)(C)OC(=O)N[C@@H](CCC(N)=O)C(=O)N[C@H](Cc1c[nH]c2ccccc12)C(=O)N[C@@H](Cc1ccccc1)C(N)=O. The molecule has 2 aromatic carbocycles. The largest absolute Gasteiger partial charge is 0.444 e. The van der Waals surface area contributed by atoms with E-state index in [2.05, 4.69) is 20.9 Å². The summed E-state index contributed by atoms with van der Waals surface area (Å²) in [5.74, 6) is -2.80. The molecular formula is C30H38N6O6. The molecule has 0 aliphatic carbocycles. The summed E-state index contributed by atoms with van der Waals surface area (Å²) in [6.45, 7) is 4.99. The number of hydrogen-bond donors (Lipinski definition) is 6. The summed E-state index contributed by atoms with van der Waals surface area (Å²) < 4.78 is 5.27. The Kier molecular flexibility index (Phi) is 10.7. The second kappa shape index (κ2) is 14.2. The van der Waals surface area contributed by atoms with E-state index in [0.717, 1.165) is 22.0 Å². The van der Waals surface area contributed by atoms with Gasteiger partial charge in [-0.3, -0.25) is 19.2 Å². The molecule has 5 amide bonds. The van der Waals surface area contributed by atoms with E-state index in [9.17, 15) is 24.0 Å². The molecule has 224 valence electrons. The molecule has 0 aliphatic heterocycles. The molecular weight excluding hydrogens is 540 g/mol. The van der Waals surface area contributed by atoms with E-state index in [1.54, 1.807) is 51.2 Å². The molecule has 0 unspecified atom stereocenters. The summed E-state index contributed by atoms with van der Waals surface area (Å²) in [5.41, 5.74) is 12.4. The second-order valence-corrected chi connectivity index (χ2v) is 11.0. The number of benzene rings is 2. The number of para-hydroxylation sites is 1. The van der Waals surface area contributed by atoms with E-state index in [1.807, 2.05) is 30.3 Å². The van der Waals surface area contributed by atoms with Crippen LogP contribution in [0.5, 0.6) is 0 Å². The Morgan fingerprint density at radius 3 is 2.07 bits per heavy atom. The average Bonchev–Trinajstić information content (AvgIpc) is 3.32. The normalized spacial score (nSPS) is 13.4. The number of aromatic amines is 1. The quantitative estimate of drug-likeness (QED) is 0.178. The molecule has 0 spiro atoms. The maximum Gasteiger partial charge on any atom is 0.408 e. The van der Waals surface area contributed by atoms with Crippen LogP contribution in [0, 0.1) is 0 Å². The van der Waals surface area contributed by atoms with Gasteiger partial charge in [-0.05, 0) is 44.4 Å². The molecule has 3 rings (SSSR count). The van der Waals surface area contributed by atoms with Gasteiger partial charge in [0.1, 0.15) is 23.7 Å². The number of alkyl carbamates (subject to hydrolysis) is 1. The standard InChI is InChI=1S/C30H38N6O6/c1-30(2,3)42-29(41)36-22(13-14-25(31)37)27(39)35-24(16-19-17-33-21-12-8-7-11-20(19)21)28(40)34-23(26(32)38)15-18-9-5-4-6-10-18/h4-12,17,22-24,33H,13-16H2,1-3H3,(H2,31,37)(H2,32,38)(H,34,40)(H,35,39)(H,36,41)/t22-,23-,24+/m0/s1. The van der Waals surface area contributed by atoms with Gasteiger partial charge in [0, 0.05) is 36.4 Å². The van der Waals surface area contributed by atoms with E-state index >= 15 is 0 Å². The fourth-order valence-corrected chi connectivity index (χ4v) is 4.35. The van der Waals surface area contributed by atoms with Crippen LogP contribution in [0.1, 0.15) is 44.7 Å². The monoisotopic (exact) mass is 578 g/mol. The number of ether oxygens (including phenoxy) is 1. The number of carbonyl (C=O) groups is 5. The predicted molar refractivity (Wildman–Crippen MR) is 157 cm³/mol. The third-order valence-electron chi connectivity index (χ3n) is 6.36. The summed E-state index contributed by atoms with van der Waals surface area (Å²) in [5, 5.41) is 8.65. The third-order valence-corrected chi connectivity index (χ3v) is 6.36. The van der Waals surface area contributed by atoms with Crippen molar-refractivity contribution in [3.05, 3.63) is 71.9 Å². The van der Waals surface area contributed by atoms with Crippen LogP contribution >= 0.6 is 0 Å². The van der Waals surface area contributed by atoms with E-state index < -0.39 is 53.4 Å². The fraction of sp³-hybridized carbons (Fsp3) is 0.367. The van der Waals surface area contributed by atoms with Crippen LogP contribution in [0.4, 0.5) is 4.79 Å². The molecule has 0 saturated carbocycles. The smallest absolute Gasteiger partial charge is 0.408 e. The first-order valence-corrected chi connectivity index (χ1v) is 13.6. The van der Waals surface area contributed by atoms with Crippen LogP contribution in [-0.4, -0.2) is 58.4 Å². The maximum absolute atomic E-state index is 13.6. The van der Waals surface area contributed by atoms with Gasteiger partial charge >= 0.3 is 6.09 Å². The first kappa shape index (κ1) is 31.7. The number of rotatable bonds is 13. The van der Waals surface area contributed by atoms with Crippen molar-refractivity contribution in [2.24, 2.45) is 11.5 Å². The zero-order valence-electron chi connectivity index (χ0n) is 23.9. The van der Waals surface area contributed by atoms with Gasteiger partial charge < -0.3 is 37.1 Å². The number of H-pyrrole nitrogens is 1. The molecule has 12 heteroatoms.